The first-order valence-corrected chi connectivity index (χ1v) is 6.52. The van der Waals surface area contributed by atoms with Crippen LogP contribution in [0.5, 0.6) is 0 Å². The van der Waals surface area contributed by atoms with Crippen LogP contribution in [-0.2, 0) is 0 Å². The molecular weight excluding hydrogens is 274 g/mol. The summed E-state index contributed by atoms with van der Waals surface area (Å²) < 4.78 is 0. The number of nitrogens with one attached hydrogen (secondary N) is 2. The van der Waals surface area contributed by atoms with E-state index in [0.717, 1.165) is 16.5 Å². The van der Waals surface area contributed by atoms with E-state index in [1.807, 2.05) is 25.1 Å². The summed E-state index contributed by atoms with van der Waals surface area (Å²) in [5.74, 6) is -0.200. The zero-order valence-corrected chi connectivity index (χ0v) is 11.5. The lowest BCUT2D eigenvalue weighted by Gasteiger charge is -2.08. The Morgan fingerprint density at radius 2 is 2.10 bits per heavy atom. The van der Waals surface area contributed by atoms with E-state index in [-0.39, 0.29) is 5.91 Å². The van der Waals surface area contributed by atoms with Crippen LogP contribution in [0.15, 0.2) is 42.6 Å². The molecule has 0 saturated heterocycles. The fraction of sp³-hybridized carbons (Fsp3) is 0.0667. The largest absolute Gasteiger partial charge is 0.321 e. The standard InChI is InChI=1S/C15H12ClN3O/c1-9-2-5-12(16)14(6-9)18-15(20)10-3-4-11-8-17-19-13(11)7-10/h2-8H,1H3,(H,17,19)(H,18,20). The summed E-state index contributed by atoms with van der Waals surface area (Å²) in [5, 5.41) is 11.1. The molecule has 0 saturated carbocycles. The number of anilines is 1. The smallest absolute Gasteiger partial charge is 0.255 e. The number of carbonyl (C=O) groups is 1. The van der Waals surface area contributed by atoms with E-state index in [0.29, 0.717) is 16.3 Å². The number of fused-ring (bicyclic) bond motifs is 1. The van der Waals surface area contributed by atoms with Crippen LogP contribution in [0.3, 0.4) is 0 Å². The summed E-state index contributed by atoms with van der Waals surface area (Å²) in [6.07, 6.45) is 1.72. The molecule has 2 aromatic carbocycles. The van der Waals surface area contributed by atoms with Crippen molar-refractivity contribution in [1.82, 2.24) is 10.2 Å². The van der Waals surface area contributed by atoms with Gasteiger partial charge in [-0.2, -0.15) is 5.10 Å². The van der Waals surface area contributed by atoms with Gasteiger partial charge in [0.05, 0.1) is 22.4 Å². The summed E-state index contributed by atoms with van der Waals surface area (Å²) >= 11 is 6.07. The van der Waals surface area contributed by atoms with Crippen LogP contribution < -0.4 is 5.32 Å². The maximum atomic E-state index is 12.2. The molecule has 5 heteroatoms. The van der Waals surface area contributed by atoms with Crippen molar-refractivity contribution >= 4 is 34.1 Å². The average Bonchev–Trinajstić information content (AvgIpc) is 2.90. The molecule has 0 unspecified atom stereocenters. The van der Waals surface area contributed by atoms with Gasteiger partial charge in [0.15, 0.2) is 0 Å². The monoisotopic (exact) mass is 285 g/mol. The number of hydrogen-bond acceptors (Lipinski definition) is 2. The van der Waals surface area contributed by atoms with Gasteiger partial charge in [-0.25, -0.2) is 0 Å². The third-order valence-electron chi connectivity index (χ3n) is 3.07. The first-order chi connectivity index (χ1) is 9.63. The summed E-state index contributed by atoms with van der Waals surface area (Å²) in [5.41, 5.74) is 3.03. The molecule has 0 radical (unpaired) electrons. The molecule has 0 fully saturated rings. The van der Waals surface area contributed by atoms with Crippen LogP contribution in [0, 0.1) is 6.92 Å². The van der Waals surface area contributed by atoms with Crippen molar-refractivity contribution in [1.29, 1.82) is 0 Å². The number of nitrogens with zero attached hydrogens (tertiary/aromatic N) is 1. The molecule has 4 nitrogen and oxygen atoms in total. The second kappa shape index (κ2) is 4.98. The SMILES string of the molecule is Cc1ccc(Cl)c(NC(=O)c2ccc3cn[nH]c3c2)c1. The zero-order chi connectivity index (χ0) is 14.1. The van der Waals surface area contributed by atoms with Crippen LogP contribution in [0.2, 0.25) is 5.02 Å². The molecule has 1 amide bonds. The van der Waals surface area contributed by atoms with Crippen molar-refractivity contribution in [3.63, 3.8) is 0 Å². The van der Waals surface area contributed by atoms with Crippen molar-refractivity contribution in [3.8, 4) is 0 Å². The molecule has 0 aliphatic heterocycles. The minimum absolute atomic E-state index is 0.200. The van der Waals surface area contributed by atoms with E-state index in [1.165, 1.54) is 0 Å². The number of carbonyl (C=O) groups excluding carboxylic acids is 1. The highest BCUT2D eigenvalue weighted by atomic mass is 35.5. The Kier molecular flexibility index (Phi) is 3.16. The van der Waals surface area contributed by atoms with Gasteiger partial charge in [0.2, 0.25) is 0 Å². The second-order valence-corrected chi connectivity index (χ2v) is 5.02. The number of benzene rings is 2. The maximum Gasteiger partial charge on any atom is 0.255 e. The Bertz CT molecular complexity index is 795. The number of H-pyrrole nitrogens is 1. The summed E-state index contributed by atoms with van der Waals surface area (Å²) in [7, 11) is 0. The Hall–Kier alpha value is -2.33. The quantitative estimate of drug-likeness (QED) is 0.753. The maximum absolute atomic E-state index is 12.2. The topological polar surface area (TPSA) is 57.8 Å². The fourth-order valence-electron chi connectivity index (χ4n) is 2.01. The van der Waals surface area contributed by atoms with Crippen molar-refractivity contribution in [2.24, 2.45) is 0 Å². The Morgan fingerprint density at radius 3 is 2.95 bits per heavy atom. The summed E-state index contributed by atoms with van der Waals surface area (Å²) in [6, 6.07) is 10.9. The predicted molar refractivity (Wildman–Crippen MR) is 80.2 cm³/mol. The Morgan fingerprint density at radius 1 is 1.25 bits per heavy atom. The molecule has 2 N–H and O–H groups in total. The van der Waals surface area contributed by atoms with Gasteiger partial charge >= 0.3 is 0 Å². The van der Waals surface area contributed by atoms with Gasteiger partial charge in [0, 0.05) is 10.9 Å². The molecular formula is C15H12ClN3O. The predicted octanol–water partition coefficient (Wildman–Crippen LogP) is 3.78. The second-order valence-electron chi connectivity index (χ2n) is 4.61. The molecule has 1 aromatic heterocycles. The molecule has 3 rings (SSSR count). The lowest BCUT2D eigenvalue weighted by molar-refractivity contribution is 0.102. The van der Waals surface area contributed by atoms with E-state index in [2.05, 4.69) is 15.5 Å². The molecule has 0 atom stereocenters. The van der Waals surface area contributed by atoms with E-state index < -0.39 is 0 Å². The Balaban J connectivity index is 1.90. The minimum Gasteiger partial charge on any atom is -0.321 e. The number of aryl methyl sites for hydroxylation is 1. The van der Waals surface area contributed by atoms with Crippen LogP contribution >= 0.6 is 11.6 Å². The molecule has 1 heterocycles. The van der Waals surface area contributed by atoms with Gasteiger partial charge in [-0.1, -0.05) is 23.7 Å². The summed E-state index contributed by atoms with van der Waals surface area (Å²) in [4.78, 5) is 12.2. The van der Waals surface area contributed by atoms with E-state index in [9.17, 15) is 4.79 Å². The van der Waals surface area contributed by atoms with E-state index in [4.69, 9.17) is 11.6 Å². The fourth-order valence-corrected chi connectivity index (χ4v) is 2.17. The van der Waals surface area contributed by atoms with Gasteiger partial charge in [-0.05, 0) is 36.8 Å². The number of rotatable bonds is 2. The van der Waals surface area contributed by atoms with Crippen molar-refractivity contribution in [2.75, 3.05) is 5.32 Å². The van der Waals surface area contributed by atoms with Crippen molar-refractivity contribution in [3.05, 3.63) is 58.7 Å². The number of halogens is 1. The van der Waals surface area contributed by atoms with Gasteiger partial charge in [-0.15, -0.1) is 0 Å². The van der Waals surface area contributed by atoms with E-state index in [1.54, 1.807) is 24.4 Å². The van der Waals surface area contributed by atoms with Crippen molar-refractivity contribution < 1.29 is 4.79 Å². The first kappa shape index (κ1) is 12.7. The van der Waals surface area contributed by atoms with Crippen LogP contribution in [0.4, 0.5) is 5.69 Å². The first-order valence-electron chi connectivity index (χ1n) is 6.14. The highest BCUT2D eigenvalue weighted by molar-refractivity contribution is 6.34. The summed E-state index contributed by atoms with van der Waals surface area (Å²) in [6.45, 7) is 1.95. The molecule has 0 aliphatic rings. The third-order valence-corrected chi connectivity index (χ3v) is 3.40. The normalized spacial score (nSPS) is 10.7. The number of aromatic amines is 1. The van der Waals surface area contributed by atoms with Crippen LogP contribution in [0.1, 0.15) is 15.9 Å². The lowest BCUT2D eigenvalue weighted by Crippen LogP contribution is -2.12. The van der Waals surface area contributed by atoms with Crippen LogP contribution in [0.25, 0.3) is 10.9 Å². The van der Waals surface area contributed by atoms with Gasteiger partial charge < -0.3 is 5.32 Å². The van der Waals surface area contributed by atoms with Gasteiger partial charge in [0.25, 0.3) is 5.91 Å². The zero-order valence-electron chi connectivity index (χ0n) is 10.8. The van der Waals surface area contributed by atoms with Gasteiger partial charge in [-0.3, -0.25) is 9.89 Å². The number of hydrogen-bond donors (Lipinski definition) is 2. The number of aromatic nitrogens is 2. The molecule has 100 valence electrons. The molecule has 0 aliphatic carbocycles. The van der Waals surface area contributed by atoms with Crippen LogP contribution in [-0.4, -0.2) is 16.1 Å². The highest BCUT2D eigenvalue weighted by Gasteiger charge is 2.09. The molecule has 20 heavy (non-hydrogen) atoms. The molecule has 0 spiro atoms. The third kappa shape index (κ3) is 2.38. The number of amides is 1. The highest BCUT2D eigenvalue weighted by Crippen LogP contribution is 2.23. The van der Waals surface area contributed by atoms with E-state index >= 15 is 0 Å². The lowest BCUT2D eigenvalue weighted by atomic mass is 10.1. The average molecular weight is 286 g/mol. The molecule has 0 bridgehead atoms. The Labute approximate surface area is 120 Å². The molecule has 3 aromatic rings. The van der Waals surface area contributed by atoms with Gasteiger partial charge in [0.1, 0.15) is 0 Å². The van der Waals surface area contributed by atoms with Crippen molar-refractivity contribution in [2.45, 2.75) is 6.92 Å². The minimum atomic E-state index is -0.200.